The SMILES string of the molecule is COc1cc(C[NH+]2CCN(c3ccccc3OC)CC2)cc(OC)c1. The highest BCUT2D eigenvalue weighted by atomic mass is 16.5. The summed E-state index contributed by atoms with van der Waals surface area (Å²) >= 11 is 0. The highest BCUT2D eigenvalue weighted by Crippen LogP contribution is 2.27. The average molecular weight is 343 g/mol. The van der Waals surface area contributed by atoms with E-state index in [0.29, 0.717) is 0 Å². The van der Waals surface area contributed by atoms with E-state index in [1.807, 2.05) is 18.2 Å². The number of methoxy groups -OCH3 is 3. The van der Waals surface area contributed by atoms with Gasteiger partial charge in [-0.3, -0.25) is 0 Å². The monoisotopic (exact) mass is 343 g/mol. The number of rotatable bonds is 6. The van der Waals surface area contributed by atoms with Gasteiger partial charge in [0.1, 0.15) is 23.8 Å². The number of quaternary nitrogens is 1. The number of anilines is 1. The van der Waals surface area contributed by atoms with E-state index in [2.05, 4.69) is 29.2 Å². The highest BCUT2D eigenvalue weighted by molar-refractivity contribution is 5.58. The number of benzene rings is 2. The Morgan fingerprint density at radius 1 is 0.880 bits per heavy atom. The molecule has 0 atom stereocenters. The molecule has 134 valence electrons. The second-order valence-corrected chi connectivity index (χ2v) is 6.31. The first kappa shape index (κ1) is 17.4. The summed E-state index contributed by atoms with van der Waals surface area (Å²) in [6.45, 7) is 5.22. The van der Waals surface area contributed by atoms with Crippen molar-refractivity contribution < 1.29 is 19.1 Å². The Morgan fingerprint density at radius 3 is 2.12 bits per heavy atom. The summed E-state index contributed by atoms with van der Waals surface area (Å²) < 4.78 is 16.2. The maximum absolute atomic E-state index is 5.50. The maximum atomic E-state index is 5.50. The van der Waals surface area contributed by atoms with Crippen molar-refractivity contribution in [3.05, 3.63) is 48.0 Å². The molecule has 0 radical (unpaired) electrons. The van der Waals surface area contributed by atoms with Crippen LogP contribution in [-0.4, -0.2) is 47.5 Å². The van der Waals surface area contributed by atoms with Crippen LogP contribution in [0.2, 0.25) is 0 Å². The lowest BCUT2D eigenvalue weighted by Gasteiger charge is -2.34. The lowest BCUT2D eigenvalue weighted by molar-refractivity contribution is -0.914. The van der Waals surface area contributed by atoms with E-state index >= 15 is 0 Å². The van der Waals surface area contributed by atoms with Crippen LogP contribution in [0.5, 0.6) is 17.2 Å². The van der Waals surface area contributed by atoms with Gasteiger partial charge in [0.05, 0.1) is 53.2 Å². The molecule has 1 saturated heterocycles. The van der Waals surface area contributed by atoms with Crippen LogP contribution in [0.1, 0.15) is 5.56 Å². The number of piperazine rings is 1. The van der Waals surface area contributed by atoms with Crippen molar-refractivity contribution in [1.29, 1.82) is 0 Å². The van der Waals surface area contributed by atoms with Crippen LogP contribution in [0.3, 0.4) is 0 Å². The van der Waals surface area contributed by atoms with Gasteiger partial charge in [0.2, 0.25) is 0 Å². The Bertz CT molecular complexity index is 675. The summed E-state index contributed by atoms with van der Waals surface area (Å²) in [6, 6.07) is 14.4. The van der Waals surface area contributed by atoms with Gasteiger partial charge in [-0.15, -0.1) is 0 Å². The van der Waals surface area contributed by atoms with Crippen molar-refractivity contribution in [2.45, 2.75) is 6.54 Å². The molecule has 0 saturated carbocycles. The topological polar surface area (TPSA) is 35.4 Å². The molecule has 1 aliphatic rings. The second kappa shape index (κ2) is 8.12. The van der Waals surface area contributed by atoms with E-state index in [-0.39, 0.29) is 0 Å². The van der Waals surface area contributed by atoms with Gasteiger partial charge in [-0.2, -0.15) is 0 Å². The number of hydrogen-bond donors (Lipinski definition) is 1. The van der Waals surface area contributed by atoms with Gasteiger partial charge in [0.15, 0.2) is 0 Å². The third-order valence-corrected chi connectivity index (χ3v) is 4.76. The molecule has 0 amide bonds. The summed E-state index contributed by atoms with van der Waals surface area (Å²) in [6.07, 6.45) is 0. The van der Waals surface area contributed by atoms with E-state index in [1.54, 1.807) is 26.2 Å². The van der Waals surface area contributed by atoms with Crippen LogP contribution in [0.4, 0.5) is 5.69 Å². The normalized spacial score (nSPS) is 15.1. The second-order valence-electron chi connectivity index (χ2n) is 6.31. The molecule has 2 aromatic carbocycles. The quantitative estimate of drug-likeness (QED) is 0.865. The van der Waals surface area contributed by atoms with Gasteiger partial charge in [0.25, 0.3) is 0 Å². The van der Waals surface area contributed by atoms with Gasteiger partial charge in [-0.05, 0) is 24.3 Å². The molecule has 5 heteroatoms. The van der Waals surface area contributed by atoms with Crippen LogP contribution in [0.25, 0.3) is 0 Å². The summed E-state index contributed by atoms with van der Waals surface area (Å²) in [5, 5.41) is 0. The first-order valence-electron chi connectivity index (χ1n) is 8.67. The van der Waals surface area contributed by atoms with Crippen LogP contribution in [0, 0.1) is 0 Å². The Balaban J connectivity index is 1.63. The van der Waals surface area contributed by atoms with Crippen molar-refractivity contribution in [1.82, 2.24) is 0 Å². The predicted molar refractivity (Wildman–Crippen MR) is 99.2 cm³/mol. The van der Waals surface area contributed by atoms with E-state index in [0.717, 1.165) is 50.0 Å². The lowest BCUT2D eigenvalue weighted by atomic mass is 10.1. The number of ether oxygens (including phenoxy) is 3. The summed E-state index contributed by atoms with van der Waals surface area (Å²) in [4.78, 5) is 3.98. The predicted octanol–water partition coefficient (Wildman–Crippen LogP) is 1.62. The van der Waals surface area contributed by atoms with Crippen LogP contribution >= 0.6 is 0 Å². The van der Waals surface area contributed by atoms with Crippen LogP contribution in [0.15, 0.2) is 42.5 Å². The molecule has 0 aromatic heterocycles. The molecule has 5 nitrogen and oxygen atoms in total. The molecule has 0 unspecified atom stereocenters. The van der Waals surface area contributed by atoms with Crippen molar-refractivity contribution >= 4 is 5.69 Å². The van der Waals surface area contributed by atoms with Gasteiger partial charge >= 0.3 is 0 Å². The number of nitrogens with one attached hydrogen (secondary N) is 1. The smallest absolute Gasteiger partial charge is 0.142 e. The first-order chi connectivity index (χ1) is 12.2. The molecule has 0 spiro atoms. The van der Waals surface area contributed by atoms with E-state index in [1.165, 1.54) is 11.3 Å². The molecule has 0 bridgehead atoms. The summed E-state index contributed by atoms with van der Waals surface area (Å²) in [5.41, 5.74) is 2.43. The zero-order valence-corrected chi connectivity index (χ0v) is 15.2. The Hall–Kier alpha value is -2.40. The fourth-order valence-corrected chi connectivity index (χ4v) is 3.39. The highest BCUT2D eigenvalue weighted by Gasteiger charge is 2.22. The fourth-order valence-electron chi connectivity index (χ4n) is 3.39. The Morgan fingerprint density at radius 2 is 1.52 bits per heavy atom. The zero-order valence-electron chi connectivity index (χ0n) is 15.2. The minimum absolute atomic E-state index is 0.849. The third-order valence-electron chi connectivity index (χ3n) is 4.76. The number of nitrogens with zero attached hydrogens (tertiary/aromatic N) is 1. The maximum Gasteiger partial charge on any atom is 0.142 e. The van der Waals surface area contributed by atoms with Crippen molar-refractivity contribution in [2.24, 2.45) is 0 Å². The number of hydrogen-bond acceptors (Lipinski definition) is 4. The summed E-state index contributed by atoms with van der Waals surface area (Å²) in [7, 11) is 5.12. The fraction of sp³-hybridized carbons (Fsp3) is 0.400. The molecule has 1 aliphatic heterocycles. The van der Waals surface area contributed by atoms with Crippen molar-refractivity contribution in [3.8, 4) is 17.2 Å². The van der Waals surface area contributed by atoms with Crippen LogP contribution < -0.4 is 24.0 Å². The molecule has 3 rings (SSSR count). The van der Waals surface area contributed by atoms with E-state index < -0.39 is 0 Å². The van der Waals surface area contributed by atoms with Gasteiger partial charge < -0.3 is 24.0 Å². The molecular weight excluding hydrogens is 316 g/mol. The largest absolute Gasteiger partial charge is 0.497 e. The van der Waals surface area contributed by atoms with Crippen LogP contribution in [-0.2, 0) is 6.54 Å². The van der Waals surface area contributed by atoms with Gasteiger partial charge in [0, 0.05) is 11.6 Å². The average Bonchev–Trinajstić information content (AvgIpc) is 2.68. The van der Waals surface area contributed by atoms with Crippen molar-refractivity contribution in [3.63, 3.8) is 0 Å². The lowest BCUT2D eigenvalue weighted by Crippen LogP contribution is -3.13. The molecule has 0 aliphatic carbocycles. The van der Waals surface area contributed by atoms with E-state index in [9.17, 15) is 0 Å². The Labute approximate surface area is 149 Å². The third kappa shape index (κ3) is 4.17. The van der Waals surface area contributed by atoms with E-state index in [4.69, 9.17) is 14.2 Å². The number of para-hydroxylation sites is 2. The molecular formula is C20H27N2O3+. The summed E-state index contributed by atoms with van der Waals surface area (Å²) in [5.74, 6) is 2.64. The Kier molecular flexibility index (Phi) is 5.66. The van der Waals surface area contributed by atoms with Gasteiger partial charge in [-0.25, -0.2) is 0 Å². The molecule has 25 heavy (non-hydrogen) atoms. The molecule has 1 heterocycles. The zero-order chi connectivity index (χ0) is 17.6. The first-order valence-corrected chi connectivity index (χ1v) is 8.67. The standard InChI is InChI=1S/C20H26N2O3/c1-23-17-12-16(13-18(14-17)24-2)15-21-8-10-22(11-9-21)19-6-4-5-7-20(19)25-3/h4-7,12-14H,8-11,15H2,1-3H3/p+1. The minimum atomic E-state index is 0.849. The minimum Gasteiger partial charge on any atom is -0.497 e. The molecule has 1 fully saturated rings. The molecule has 2 aromatic rings. The van der Waals surface area contributed by atoms with Gasteiger partial charge in [-0.1, -0.05) is 12.1 Å². The molecule has 1 N–H and O–H groups in total. The van der Waals surface area contributed by atoms with Crippen molar-refractivity contribution in [2.75, 3.05) is 52.4 Å².